The minimum absolute atomic E-state index is 0.536. The van der Waals surface area contributed by atoms with Gasteiger partial charge in [-0.25, -0.2) is 0 Å². The van der Waals surface area contributed by atoms with Crippen LogP contribution in [-0.2, 0) is 0 Å². The summed E-state index contributed by atoms with van der Waals surface area (Å²) in [6.45, 7) is 4.47. The van der Waals surface area contributed by atoms with Crippen LogP contribution in [0.1, 0.15) is 25.3 Å². The van der Waals surface area contributed by atoms with Crippen LogP contribution in [-0.4, -0.2) is 4.98 Å². The fourth-order valence-corrected chi connectivity index (χ4v) is 5.96. The largest absolute Gasteiger partial charge is 0.264 e. The second kappa shape index (κ2) is 9.53. The van der Waals surface area contributed by atoms with E-state index in [4.69, 9.17) is 0 Å². The Morgan fingerprint density at radius 3 is 1.74 bits per heavy atom. The van der Waals surface area contributed by atoms with Gasteiger partial charge in [-0.05, 0) is 77.9 Å². The molecule has 0 aliphatic heterocycles. The van der Waals surface area contributed by atoms with Crippen molar-refractivity contribution in [1.82, 2.24) is 4.98 Å². The average molecular weight is 500 g/mol. The van der Waals surface area contributed by atoms with Gasteiger partial charge in [0.15, 0.2) is 0 Å². The minimum atomic E-state index is 0.536. The predicted octanol–water partition coefficient (Wildman–Crippen LogP) is 10.7. The summed E-state index contributed by atoms with van der Waals surface area (Å²) in [5.74, 6) is 0.536. The van der Waals surface area contributed by atoms with Gasteiger partial charge in [-0.3, -0.25) is 4.98 Å². The summed E-state index contributed by atoms with van der Waals surface area (Å²) in [6, 6.07) is 44.2. The van der Waals surface area contributed by atoms with Gasteiger partial charge in [0.05, 0.1) is 0 Å². The maximum absolute atomic E-state index is 4.59. The van der Waals surface area contributed by atoms with Gasteiger partial charge in [0.25, 0.3) is 0 Å². The van der Waals surface area contributed by atoms with Gasteiger partial charge in [0.2, 0.25) is 0 Å². The zero-order valence-electron chi connectivity index (χ0n) is 22.2. The van der Waals surface area contributed by atoms with Gasteiger partial charge < -0.3 is 0 Å². The Labute approximate surface area is 229 Å². The van der Waals surface area contributed by atoms with Crippen molar-refractivity contribution >= 4 is 32.3 Å². The molecule has 0 N–H and O–H groups in total. The Hall–Kier alpha value is -4.75. The molecule has 0 spiro atoms. The van der Waals surface area contributed by atoms with Crippen LogP contribution in [0.2, 0.25) is 0 Å². The number of pyridine rings is 1. The normalized spacial score (nSPS) is 11.6. The van der Waals surface area contributed by atoms with Crippen molar-refractivity contribution in [3.63, 3.8) is 0 Å². The number of aromatic nitrogens is 1. The van der Waals surface area contributed by atoms with Crippen LogP contribution >= 0.6 is 0 Å². The monoisotopic (exact) mass is 499 g/mol. The first-order chi connectivity index (χ1) is 19.2. The Morgan fingerprint density at radius 2 is 1.03 bits per heavy atom. The van der Waals surface area contributed by atoms with Crippen molar-refractivity contribution in [2.45, 2.75) is 19.8 Å². The van der Waals surface area contributed by atoms with Gasteiger partial charge in [-0.15, -0.1) is 0 Å². The third-order valence-electron chi connectivity index (χ3n) is 7.97. The topological polar surface area (TPSA) is 12.9 Å². The second-order valence-corrected chi connectivity index (χ2v) is 10.6. The van der Waals surface area contributed by atoms with Crippen LogP contribution in [0, 0.1) is 0 Å². The molecule has 7 aromatic rings. The molecule has 0 amide bonds. The highest BCUT2D eigenvalue weighted by atomic mass is 14.6. The molecule has 39 heavy (non-hydrogen) atoms. The molecular weight excluding hydrogens is 470 g/mol. The number of benzene rings is 6. The fraction of sp³-hybridized carbons (Fsp3) is 0.0789. The van der Waals surface area contributed by atoms with Crippen LogP contribution in [0.25, 0.3) is 65.7 Å². The summed E-state index contributed by atoms with van der Waals surface area (Å²) in [5, 5.41) is 7.42. The van der Waals surface area contributed by atoms with Crippen LogP contribution in [0.5, 0.6) is 0 Å². The molecule has 0 aliphatic rings. The molecule has 1 aromatic heterocycles. The zero-order valence-corrected chi connectivity index (χ0v) is 22.2. The molecule has 0 aliphatic carbocycles. The quantitative estimate of drug-likeness (QED) is 0.219. The summed E-state index contributed by atoms with van der Waals surface area (Å²) in [4.78, 5) is 4.59. The zero-order chi connectivity index (χ0) is 26.3. The second-order valence-electron chi connectivity index (χ2n) is 10.6. The van der Waals surface area contributed by atoms with E-state index in [9.17, 15) is 0 Å². The molecule has 7 rings (SSSR count). The molecule has 0 fully saturated rings. The number of hydrogen-bond acceptors (Lipinski definition) is 1. The van der Waals surface area contributed by atoms with Gasteiger partial charge in [0, 0.05) is 17.8 Å². The van der Waals surface area contributed by atoms with E-state index in [1.54, 1.807) is 0 Å². The van der Waals surface area contributed by atoms with Crippen molar-refractivity contribution in [2.75, 3.05) is 0 Å². The molecule has 0 unspecified atom stereocenters. The number of rotatable bonds is 4. The van der Waals surface area contributed by atoms with Crippen LogP contribution in [0.3, 0.4) is 0 Å². The van der Waals surface area contributed by atoms with Gasteiger partial charge >= 0.3 is 0 Å². The van der Waals surface area contributed by atoms with Gasteiger partial charge in [-0.2, -0.15) is 0 Å². The Morgan fingerprint density at radius 1 is 0.462 bits per heavy atom. The third kappa shape index (κ3) is 3.99. The molecule has 1 heteroatoms. The number of fused-ring (bicyclic) bond motifs is 3. The maximum Gasteiger partial charge on any atom is 0.0353 e. The van der Waals surface area contributed by atoms with E-state index < -0.39 is 0 Å². The van der Waals surface area contributed by atoms with Crippen LogP contribution in [0.4, 0.5) is 0 Å². The number of hydrogen-bond donors (Lipinski definition) is 0. The molecule has 0 radical (unpaired) electrons. The highest BCUT2D eigenvalue weighted by Gasteiger charge is 2.18. The molecule has 6 aromatic carbocycles. The fourth-order valence-electron chi connectivity index (χ4n) is 5.96. The lowest BCUT2D eigenvalue weighted by molar-refractivity contribution is 0.867. The number of nitrogens with zero attached hydrogens (tertiary/aromatic N) is 1. The molecule has 0 bridgehead atoms. The summed E-state index contributed by atoms with van der Waals surface area (Å²) in [5.41, 5.74) is 8.81. The average Bonchev–Trinajstić information content (AvgIpc) is 3.00. The van der Waals surface area contributed by atoms with Gasteiger partial charge in [0.1, 0.15) is 0 Å². The molecule has 0 saturated carbocycles. The predicted molar refractivity (Wildman–Crippen MR) is 167 cm³/mol. The van der Waals surface area contributed by atoms with E-state index in [0.717, 1.165) is 0 Å². The van der Waals surface area contributed by atoms with Crippen LogP contribution in [0.15, 0.2) is 134 Å². The highest BCUT2D eigenvalue weighted by molar-refractivity contribution is 6.23. The molecule has 0 atom stereocenters. The molecular formula is C38H29N. The Kier molecular flexibility index (Phi) is 5.71. The van der Waals surface area contributed by atoms with E-state index in [0.29, 0.717) is 5.92 Å². The first-order valence-electron chi connectivity index (χ1n) is 13.7. The molecule has 1 nitrogen and oxygen atoms in total. The minimum Gasteiger partial charge on any atom is -0.264 e. The Balaban J connectivity index is 1.45. The molecule has 186 valence electrons. The lowest BCUT2D eigenvalue weighted by atomic mass is 9.85. The van der Waals surface area contributed by atoms with E-state index in [-0.39, 0.29) is 0 Å². The van der Waals surface area contributed by atoms with E-state index in [1.165, 1.54) is 71.3 Å². The summed E-state index contributed by atoms with van der Waals surface area (Å²) >= 11 is 0. The lowest BCUT2D eigenvalue weighted by Crippen LogP contribution is -1.92. The summed E-state index contributed by atoms with van der Waals surface area (Å²) in [6.07, 6.45) is 3.95. The van der Waals surface area contributed by atoms with Gasteiger partial charge in [-0.1, -0.05) is 129 Å². The summed E-state index contributed by atoms with van der Waals surface area (Å²) in [7, 11) is 0. The lowest BCUT2D eigenvalue weighted by Gasteiger charge is -2.18. The van der Waals surface area contributed by atoms with Crippen molar-refractivity contribution in [3.05, 3.63) is 139 Å². The first-order valence-corrected chi connectivity index (χ1v) is 13.7. The molecule has 1 heterocycles. The maximum atomic E-state index is 4.59. The first kappa shape index (κ1) is 23.4. The van der Waals surface area contributed by atoms with Crippen molar-refractivity contribution in [3.8, 4) is 33.4 Å². The van der Waals surface area contributed by atoms with Crippen molar-refractivity contribution in [2.24, 2.45) is 0 Å². The third-order valence-corrected chi connectivity index (χ3v) is 7.97. The highest BCUT2D eigenvalue weighted by Crippen LogP contribution is 2.45. The van der Waals surface area contributed by atoms with E-state index in [1.807, 2.05) is 12.4 Å². The summed E-state index contributed by atoms with van der Waals surface area (Å²) < 4.78 is 0. The SMILES string of the molecule is CC(C)c1ccc(-c2ccc(-c3c4ccccc4c(-c4cccc5ccccc45)c4ccncc34)cc2)cc1. The van der Waals surface area contributed by atoms with E-state index in [2.05, 4.69) is 140 Å². The van der Waals surface area contributed by atoms with E-state index >= 15 is 0 Å². The van der Waals surface area contributed by atoms with Crippen molar-refractivity contribution in [1.29, 1.82) is 0 Å². The Bertz CT molecular complexity index is 1900. The van der Waals surface area contributed by atoms with Crippen LogP contribution < -0.4 is 0 Å². The smallest absolute Gasteiger partial charge is 0.0353 e. The molecule has 0 saturated heterocycles. The standard InChI is InChI=1S/C38H29N/c1-25(2)26-14-16-27(17-15-26)28-18-20-30(21-19-28)37-33-11-5-6-12-34(33)38(35-22-23-39-24-36(35)37)32-13-7-9-29-8-3-4-10-31(29)32/h3-25H,1-2H3. The van der Waals surface area contributed by atoms with Crippen molar-refractivity contribution < 1.29 is 0 Å².